The van der Waals surface area contributed by atoms with E-state index in [2.05, 4.69) is 39.3 Å². The van der Waals surface area contributed by atoms with Crippen molar-refractivity contribution in [1.82, 2.24) is 10.6 Å². The Morgan fingerprint density at radius 2 is 1.92 bits per heavy atom. The molecule has 0 aliphatic carbocycles. The van der Waals surface area contributed by atoms with Gasteiger partial charge in [-0.05, 0) is 36.1 Å². The van der Waals surface area contributed by atoms with E-state index in [0.717, 1.165) is 18.2 Å². The standard InChI is InChI=1S/C16H21N5O2S.HI/c1-12-7-10-24-15(12)11-20-16(17-2)19-9-8-18-13-3-5-14(6-4-13)21(22)23;/h3-7,10,18H,8-9,11H2,1-2H3,(H2,17,19,20);1H. The topological polar surface area (TPSA) is 91.6 Å². The molecule has 9 heteroatoms. The zero-order chi connectivity index (χ0) is 17.4. The predicted molar refractivity (Wildman–Crippen MR) is 114 cm³/mol. The molecule has 2 rings (SSSR count). The van der Waals surface area contributed by atoms with Gasteiger partial charge in [-0.2, -0.15) is 0 Å². The Morgan fingerprint density at radius 1 is 1.20 bits per heavy atom. The van der Waals surface area contributed by atoms with Crippen molar-refractivity contribution in [2.75, 3.05) is 25.5 Å². The van der Waals surface area contributed by atoms with E-state index in [9.17, 15) is 10.1 Å². The first-order valence-electron chi connectivity index (χ1n) is 7.56. The lowest BCUT2D eigenvalue weighted by Gasteiger charge is -2.12. The molecule has 0 saturated heterocycles. The number of nitrogens with zero attached hydrogens (tertiary/aromatic N) is 2. The average Bonchev–Trinajstić information content (AvgIpc) is 2.99. The average molecular weight is 475 g/mol. The van der Waals surface area contributed by atoms with E-state index in [0.29, 0.717) is 13.1 Å². The van der Waals surface area contributed by atoms with Gasteiger partial charge in [0.05, 0.1) is 11.5 Å². The fourth-order valence-corrected chi connectivity index (χ4v) is 2.90. The predicted octanol–water partition coefficient (Wildman–Crippen LogP) is 3.36. The van der Waals surface area contributed by atoms with Crippen molar-refractivity contribution in [3.05, 3.63) is 56.3 Å². The number of halogens is 1. The van der Waals surface area contributed by atoms with Gasteiger partial charge in [-0.15, -0.1) is 35.3 Å². The maximum atomic E-state index is 10.6. The van der Waals surface area contributed by atoms with Crippen LogP contribution in [0.1, 0.15) is 10.4 Å². The van der Waals surface area contributed by atoms with Gasteiger partial charge in [0.15, 0.2) is 5.96 Å². The van der Waals surface area contributed by atoms with Gasteiger partial charge in [-0.25, -0.2) is 0 Å². The summed E-state index contributed by atoms with van der Waals surface area (Å²) in [5.41, 5.74) is 2.22. The highest BCUT2D eigenvalue weighted by atomic mass is 127. The Hall–Kier alpha value is -1.88. The number of thiophene rings is 1. The molecule has 0 amide bonds. The molecule has 0 fully saturated rings. The zero-order valence-electron chi connectivity index (χ0n) is 14.1. The number of aryl methyl sites for hydroxylation is 1. The van der Waals surface area contributed by atoms with Crippen molar-refractivity contribution in [2.45, 2.75) is 13.5 Å². The van der Waals surface area contributed by atoms with Crippen LogP contribution in [0.15, 0.2) is 40.7 Å². The van der Waals surface area contributed by atoms with Crippen LogP contribution in [0.3, 0.4) is 0 Å². The number of nitro groups is 1. The molecule has 0 radical (unpaired) electrons. The molecule has 3 N–H and O–H groups in total. The van der Waals surface area contributed by atoms with Gasteiger partial charge >= 0.3 is 0 Å². The van der Waals surface area contributed by atoms with E-state index < -0.39 is 4.92 Å². The fourth-order valence-electron chi connectivity index (χ4n) is 2.06. The molecule has 2 aromatic rings. The van der Waals surface area contributed by atoms with Gasteiger partial charge in [0.1, 0.15) is 0 Å². The monoisotopic (exact) mass is 475 g/mol. The quantitative estimate of drug-likeness (QED) is 0.143. The lowest BCUT2D eigenvalue weighted by Crippen LogP contribution is -2.39. The van der Waals surface area contributed by atoms with Gasteiger partial charge in [0.2, 0.25) is 0 Å². The van der Waals surface area contributed by atoms with Crippen molar-refractivity contribution in [1.29, 1.82) is 0 Å². The molecule has 0 atom stereocenters. The summed E-state index contributed by atoms with van der Waals surface area (Å²) in [4.78, 5) is 15.7. The SMILES string of the molecule is CN=C(NCCNc1ccc([N+](=O)[O-])cc1)NCc1sccc1C.I. The first-order valence-corrected chi connectivity index (χ1v) is 8.44. The summed E-state index contributed by atoms with van der Waals surface area (Å²) in [7, 11) is 1.74. The van der Waals surface area contributed by atoms with Crippen molar-refractivity contribution in [3.63, 3.8) is 0 Å². The van der Waals surface area contributed by atoms with Crippen molar-refractivity contribution >= 4 is 52.6 Å². The zero-order valence-corrected chi connectivity index (χ0v) is 17.3. The van der Waals surface area contributed by atoms with Crippen molar-refractivity contribution in [3.8, 4) is 0 Å². The summed E-state index contributed by atoms with van der Waals surface area (Å²) in [6.45, 7) is 4.20. The molecular weight excluding hydrogens is 453 g/mol. The maximum absolute atomic E-state index is 10.6. The Labute approximate surface area is 168 Å². The lowest BCUT2D eigenvalue weighted by atomic mass is 10.3. The number of nitrogens with one attached hydrogen (secondary N) is 3. The van der Waals surface area contributed by atoms with Gasteiger partial charge in [0, 0.05) is 42.8 Å². The summed E-state index contributed by atoms with van der Waals surface area (Å²) >= 11 is 1.73. The number of hydrogen-bond donors (Lipinski definition) is 3. The molecule has 0 aliphatic rings. The highest BCUT2D eigenvalue weighted by Gasteiger charge is 2.04. The number of aliphatic imine (C=N–C) groups is 1. The van der Waals surface area contributed by atoms with E-state index in [1.807, 2.05) is 0 Å². The Kier molecular flexibility index (Phi) is 9.21. The number of rotatable bonds is 7. The van der Waals surface area contributed by atoms with Gasteiger partial charge in [-0.1, -0.05) is 0 Å². The summed E-state index contributed by atoms with van der Waals surface area (Å²) in [5, 5.41) is 22.4. The number of guanidine groups is 1. The number of nitro benzene ring substituents is 1. The van der Waals surface area contributed by atoms with Crippen LogP contribution in [0.5, 0.6) is 0 Å². The molecule has 1 aromatic heterocycles. The van der Waals surface area contributed by atoms with Crippen LogP contribution in [0.25, 0.3) is 0 Å². The van der Waals surface area contributed by atoms with E-state index in [1.54, 1.807) is 30.5 Å². The third-order valence-electron chi connectivity index (χ3n) is 3.43. The van der Waals surface area contributed by atoms with E-state index in [-0.39, 0.29) is 29.7 Å². The second-order valence-corrected chi connectivity index (χ2v) is 6.11. The number of benzene rings is 1. The Bertz CT molecular complexity index is 703. The van der Waals surface area contributed by atoms with Crippen molar-refractivity contribution < 1.29 is 4.92 Å². The highest BCUT2D eigenvalue weighted by Crippen LogP contribution is 2.15. The van der Waals surface area contributed by atoms with Gasteiger partial charge < -0.3 is 16.0 Å². The van der Waals surface area contributed by atoms with Crippen LogP contribution in [-0.4, -0.2) is 31.0 Å². The largest absolute Gasteiger partial charge is 0.383 e. The minimum Gasteiger partial charge on any atom is -0.383 e. The first-order chi connectivity index (χ1) is 11.6. The van der Waals surface area contributed by atoms with Crippen LogP contribution in [0.4, 0.5) is 11.4 Å². The van der Waals surface area contributed by atoms with E-state index >= 15 is 0 Å². The molecule has 25 heavy (non-hydrogen) atoms. The minimum absolute atomic E-state index is 0. The molecule has 0 saturated carbocycles. The maximum Gasteiger partial charge on any atom is 0.269 e. The number of hydrogen-bond acceptors (Lipinski definition) is 5. The first kappa shape index (κ1) is 21.2. The Morgan fingerprint density at radius 3 is 2.48 bits per heavy atom. The molecule has 0 unspecified atom stereocenters. The summed E-state index contributed by atoms with van der Waals surface area (Å²) in [6.07, 6.45) is 0. The van der Waals surface area contributed by atoms with Gasteiger partial charge in [0.25, 0.3) is 5.69 Å². The second-order valence-electron chi connectivity index (χ2n) is 5.11. The third kappa shape index (κ3) is 6.86. The molecule has 7 nitrogen and oxygen atoms in total. The fraction of sp³-hybridized carbons (Fsp3) is 0.312. The lowest BCUT2D eigenvalue weighted by molar-refractivity contribution is -0.384. The molecule has 0 spiro atoms. The highest BCUT2D eigenvalue weighted by molar-refractivity contribution is 14.0. The molecular formula is C16H22IN5O2S. The Balaban J connectivity index is 0.00000312. The van der Waals surface area contributed by atoms with Crippen LogP contribution in [-0.2, 0) is 6.54 Å². The number of non-ortho nitro benzene ring substituents is 1. The molecule has 1 heterocycles. The summed E-state index contributed by atoms with van der Waals surface area (Å²) in [6, 6.07) is 8.47. The van der Waals surface area contributed by atoms with Crippen LogP contribution < -0.4 is 16.0 Å². The molecule has 0 aliphatic heterocycles. The smallest absolute Gasteiger partial charge is 0.269 e. The van der Waals surface area contributed by atoms with E-state index in [1.165, 1.54) is 22.6 Å². The van der Waals surface area contributed by atoms with Crippen molar-refractivity contribution in [2.24, 2.45) is 4.99 Å². The third-order valence-corrected chi connectivity index (χ3v) is 4.46. The summed E-state index contributed by atoms with van der Waals surface area (Å²) in [5.74, 6) is 0.744. The van der Waals surface area contributed by atoms with Crippen LogP contribution in [0, 0.1) is 17.0 Å². The minimum atomic E-state index is -0.406. The molecule has 1 aromatic carbocycles. The second kappa shape index (κ2) is 10.9. The van der Waals surface area contributed by atoms with Gasteiger partial charge in [-0.3, -0.25) is 15.1 Å². The normalized spacial score (nSPS) is 10.7. The number of anilines is 1. The van der Waals surface area contributed by atoms with Crippen LogP contribution >= 0.6 is 35.3 Å². The van der Waals surface area contributed by atoms with E-state index in [4.69, 9.17) is 0 Å². The molecule has 136 valence electrons. The summed E-state index contributed by atoms with van der Waals surface area (Å²) < 4.78 is 0. The van der Waals surface area contributed by atoms with Crippen LogP contribution in [0.2, 0.25) is 0 Å². The molecule has 0 bridgehead atoms.